The van der Waals surface area contributed by atoms with Gasteiger partial charge in [-0.15, -0.1) is 0 Å². The number of hydrogen-bond acceptors (Lipinski definition) is 2. The van der Waals surface area contributed by atoms with Crippen LogP contribution in [0.5, 0.6) is 0 Å². The van der Waals surface area contributed by atoms with Gasteiger partial charge in [0.25, 0.3) is 0 Å². The van der Waals surface area contributed by atoms with E-state index < -0.39 is 17.7 Å². The van der Waals surface area contributed by atoms with Gasteiger partial charge in [0.05, 0.1) is 17.7 Å². The second-order valence-corrected chi connectivity index (χ2v) is 3.16. The first-order chi connectivity index (χ1) is 6.99. The van der Waals surface area contributed by atoms with Gasteiger partial charge in [-0.05, 0) is 12.5 Å². The van der Waals surface area contributed by atoms with Crippen molar-refractivity contribution in [3.8, 4) is 12.1 Å². The minimum Gasteiger partial charge on any atom is -0.198 e. The molecule has 5 heteroatoms. The molecule has 0 heterocycles. The van der Waals surface area contributed by atoms with Crippen LogP contribution in [0, 0.1) is 28.6 Å². The largest absolute Gasteiger partial charge is 0.416 e. The Morgan fingerprint density at radius 3 is 2.53 bits per heavy atom. The van der Waals surface area contributed by atoms with Gasteiger partial charge < -0.3 is 0 Å². The maximum Gasteiger partial charge on any atom is 0.416 e. The van der Waals surface area contributed by atoms with Crippen LogP contribution in [-0.4, -0.2) is 6.18 Å². The summed E-state index contributed by atoms with van der Waals surface area (Å²) < 4.78 is 36.8. The number of halogens is 3. The predicted octanol–water partition coefficient (Wildman–Crippen LogP) is 2.86. The Hall–Kier alpha value is -1.75. The molecule has 0 saturated heterocycles. The normalized spacial score (nSPS) is 21.0. The summed E-state index contributed by atoms with van der Waals surface area (Å²) in [5.74, 6) is -0.397. The molecular formula is C10H7F3N2. The number of hydrogen-bond donors (Lipinski definition) is 0. The van der Waals surface area contributed by atoms with E-state index in [9.17, 15) is 13.2 Å². The van der Waals surface area contributed by atoms with Gasteiger partial charge in [0, 0.05) is 17.9 Å². The van der Waals surface area contributed by atoms with Crippen molar-refractivity contribution in [3.05, 3.63) is 23.3 Å². The fraction of sp³-hybridized carbons (Fsp3) is 0.400. The minimum atomic E-state index is -4.42. The molecule has 0 amide bonds. The zero-order valence-corrected chi connectivity index (χ0v) is 7.67. The number of rotatable bonds is 1. The van der Waals surface area contributed by atoms with Crippen LogP contribution in [0.3, 0.4) is 0 Å². The summed E-state index contributed by atoms with van der Waals surface area (Å²) >= 11 is 0. The summed E-state index contributed by atoms with van der Waals surface area (Å²) in [5.41, 5.74) is -0.764. The van der Waals surface area contributed by atoms with Crippen LogP contribution in [0.2, 0.25) is 0 Å². The third-order valence-corrected chi connectivity index (χ3v) is 2.17. The van der Waals surface area contributed by atoms with Crippen LogP contribution in [0.25, 0.3) is 0 Å². The van der Waals surface area contributed by atoms with E-state index in [4.69, 9.17) is 10.5 Å². The molecule has 0 radical (unpaired) electrons. The Labute approximate surface area is 84.9 Å². The number of nitrogens with zero attached hydrogens (tertiary/aromatic N) is 2. The van der Waals surface area contributed by atoms with Gasteiger partial charge >= 0.3 is 6.18 Å². The molecule has 1 aliphatic carbocycles. The van der Waals surface area contributed by atoms with Gasteiger partial charge in [-0.2, -0.15) is 23.7 Å². The standard InChI is InChI=1S/C10H7F3N2/c11-10(12,13)9-2-1-7(3-4-14)8(5-9)6-15/h2,5,7H,1,3H2. The number of alkyl halides is 3. The van der Waals surface area contributed by atoms with Crippen LogP contribution in [0.1, 0.15) is 12.8 Å². The van der Waals surface area contributed by atoms with E-state index in [0.717, 1.165) is 12.2 Å². The molecule has 15 heavy (non-hydrogen) atoms. The van der Waals surface area contributed by atoms with Crippen molar-refractivity contribution in [2.75, 3.05) is 0 Å². The second-order valence-electron chi connectivity index (χ2n) is 3.16. The maximum atomic E-state index is 12.3. The topological polar surface area (TPSA) is 47.6 Å². The van der Waals surface area contributed by atoms with Crippen LogP contribution in [0.4, 0.5) is 13.2 Å². The quantitative estimate of drug-likeness (QED) is 0.670. The molecule has 0 N–H and O–H groups in total. The van der Waals surface area contributed by atoms with Crippen LogP contribution < -0.4 is 0 Å². The molecular weight excluding hydrogens is 205 g/mol. The molecule has 0 aromatic heterocycles. The van der Waals surface area contributed by atoms with Gasteiger partial charge in [0.2, 0.25) is 0 Å². The van der Waals surface area contributed by atoms with Crippen LogP contribution in [0.15, 0.2) is 23.3 Å². The molecule has 1 atom stereocenters. The summed E-state index contributed by atoms with van der Waals surface area (Å²) in [5, 5.41) is 17.1. The maximum absolute atomic E-state index is 12.3. The molecule has 0 bridgehead atoms. The van der Waals surface area contributed by atoms with Crippen molar-refractivity contribution in [3.63, 3.8) is 0 Å². The lowest BCUT2D eigenvalue weighted by Crippen LogP contribution is -2.16. The van der Waals surface area contributed by atoms with Crippen molar-refractivity contribution in [2.24, 2.45) is 5.92 Å². The van der Waals surface area contributed by atoms with E-state index in [1.165, 1.54) is 0 Å². The lowest BCUT2D eigenvalue weighted by atomic mass is 9.87. The SMILES string of the molecule is N#CCC1CC=C(C(F)(F)F)C=C1C#N. The fourth-order valence-electron chi connectivity index (χ4n) is 1.37. The number of nitriles is 2. The van der Waals surface area contributed by atoms with Crippen molar-refractivity contribution in [1.82, 2.24) is 0 Å². The monoisotopic (exact) mass is 212 g/mol. The molecule has 0 fully saturated rings. The van der Waals surface area contributed by atoms with Crippen LogP contribution in [-0.2, 0) is 0 Å². The van der Waals surface area contributed by atoms with E-state index >= 15 is 0 Å². The van der Waals surface area contributed by atoms with Crippen molar-refractivity contribution < 1.29 is 13.2 Å². The Balaban J connectivity index is 2.94. The molecule has 0 saturated carbocycles. The Morgan fingerprint density at radius 1 is 1.40 bits per heavy atom. The number of allylic oxidation sites excluding steroid dienone is 4. The molecule has 1 rings (SSSR count). The summed E-state index contributed by atoms with van der Waals surface area (Å²) in [4.78, 5) is 0. The average molecular weight is 212 g/mol. The lowest BCUT2D eigenvalue weighted by Gasteiger charge is -2.18. The second kappa shape index (κ2) is 4.18. The molecule has 2 nitrogen and oxygen atoms in total. The first-order valence-corrected chi connectivity index (χ1v) is 4.25. The van der Waals surface area contributed by atoms with Gasteiger partial charge in [-0.3, -0.25) is 0 Å². The highest BCUT2D eigenvalue weighted by Crippen LogP contribution is 2.34. The zero-order valence-electron chi connectivity index (χ0n) is 7.67. The smallest absolute Gasteiger partial charge is 0.198 e. The van der Waals surface area contributed by atoms with Crippen molar-refractivity contribution in [1.29, 1.82) is 10.5 Å². The van der Waals surface area contributed by atoms with Crippen molar-refractivity contribution in [2.45, 2.75) is 19.0 Å². The Kier molecular flexibility index (Phi) is 3.16. The van der Waals surface area contributed by atoms with Crippen molar-refractivity contribution >= 4 is 0 Å². The van der Waals surface area contributed by atoms with E-state index in [0.29, 0.717) is 0 Å². The summed E-state index contributed by atoms with van der Waals surface area (Å²) in [7, 11) is 0. The fourth-order valence-corrected chi connectivity index (χ4v) is 1.37. The lowest BCUT2D eigenvalue weighted by molar-refractivity contribution is -0.0887. The highest BCUT2D eigenvalue weighted by Gasteiger charge is 2.34. The van der Waals surface area contributed by atoms with E-state index in [1.54, 1.807) is 6.07 Å². The summed E-state index contributed by atoms with van der Waals surface area (Å²) in [6, 6.07) is 3.56. The minimum absolute atomic E-state index is 0.0337. The first-order valence-electron chi connectivity index (χ1n) is 4.25. The predicted molar refractivity (Wildman–Crippen MR) is 46.2 cm³/mol. The average Bonchev–Trinajstić information content (AvgIpc) is 2.17. The third kappa shape index (κ3) is 2.60. The molecule has 0 aromatic rings. The van der Waals surface area contributed by atoms with Gasteiger partial charge in [0.15, 0.2) is 0 Å². The van der Waals surface area contributed by atoms with Gasteiger partial charge in [0.1, 0.15) is 0 Å². The zero-order chi connectivity index (χ0) is 11.5. The first kappa shape index (κ1) is 11.3. The third-order valence-electron chi connectivity index (χ3n) is 2.17. The highest BCUT2D eigenvalue weighted by atomic mass is 19.4. The van der Waals surface area contributed by atoms with E-state index in [1.807, 2.05) is 6.07 Å². The van der Waals surface area contributed by atoms with Gasteiger partial charge in [-0.25, -0.2) is 0 Å². The van der Waals surface area contributed by atoms with Gasteiger partial charge in [-0.1, -0.05) is 6.08 Å². The molecule has 0 aromatic carbocycles. The molecule has 1 unspecified atom stereocenters. The Bertz CT molecular complexity index is 390. The Morgan fingerprint density at radius 2 is 2.07 bits per heavy atom. The van der Waals surface area contributed by atoms with Crippen LogP contribution >= 0.6 is 0 Å². The molecule has 1 aliphatic rings. The molecule has 0 spiro atoms. The summed E-state index contributed by atoms with van der Waals surface area (Å²) in [6.07, 6.45) is -2.39. The molecule has 0 aliphatic heterocycles. The van der Waals surface area contributed by atoms with E-state index in [-0.39, 0.29) is 18.4 Å². The van der Waals surface area contributed by atoms with E-state index in [2.05, 4.69) is 0 Å². The highest BCUT2D eigenvalue weighted by molar-refractivity contribution is 5.40. The molecule has 78 valence electrons. The summed E-state index contributed by atoms with van der Waals surface area (Å²) in [6.45, 7) is 0.